The number of halogens is 2. The number of benzene rings is 1. The zero-order valence-electron chi connectivity index (χ0n) is 10.1. The lowest BCUT2D eigenvalue weighted by molar-refractivity contribution is -0.121. The summed E-state index contributed by atoms with van der Waals surface area (Å²) in [6.45, 7) is -0.539. The first-order valence-electron chi connectivity index (χ1n) is 5.50. The highest BCUT2D eigenvalue weighted by Gasteiger charge is 2.24. The Hall–Kier alpha value is -1.09. The Bertz CT molecular complexity index is 441. The maximum Gasteiger partial charge on any atom is 0.253 e. The van der Waals surface area contributed by atoms with Gasteiger partial charge in [0.05, 0.1) is 18.3 Å². The lowest BCUT2D eigenvalue weighted by atomic mass is 10.0. The van der Waals surface area contributed by atoms with E-state index in [0.29, 0.717) is 5.56 Å². The molecule has 1 aromatic rings. The third kappa shape index (κ3) is 4.48. The van der Waals surface area contributed by atoms with Gasteiger partial charge in [0, 0.05) is 0 Å². The molecule has 112 valence electrons. The second-order valence-corrected chi connectivity index (χ2v) is 5.00. The van der Waals surface area contributed by atoms with Crippen molar-refractivity contribution in [3.05, 3.63) is 35.0 Å². The number of carbonyl (C=O) groups is 1. The second-order valence-electron chi connectivity index (χ2n) is 3.91. The van der Waals surface area contributed by atoms with Crippen LogP contribution >= 0.6 is 23.2 Å². The molecule has 1 rings (SSSR count). The molecule has 0 spiro atoms. The summed E-state index contributed by atoms with van der Waals surface area (Å²) in [7, 11) is 0. The molecule has 1 aromatic carbocycles. The SMILES string of the molecule is O=C(N[C@H](CO)[C@H](O)c1ccc(N([O-])O)cc1)C(Cl)Cl. The van der Waals surface area contributed by atoms with Crippen LogP contribution in [0, 0.1) is 5.21 Å². The number of carbonyl (C=O) groups excluding carboxylic acids is 1. The van der Waals surface area contributed by atoms with E-state index in [2.05, 4.69) is 5.32 Å². The summed E-state index contributed by atoms with van der Waals surface area (Å²) < 4.78 is 0. The highest BCUT2D eigenvalue weighted by Crippen LogP contribution is 2.21. The van der Waals surface area contributed by atoms with Crippen molar-refractivity contribution in [2.75, 3.05) is 11.8 Å². The van der Waals surface area contributed by atoms with Crippen molar-refractivity contribution >= 4 is 34.8 Å². The van der Waals surface area contributed by atoms with E-state index in [0.717, 1.165) is 0 Å². The van der Waals surface area contributed by atoms with Crippen molar-refractivity contribution in [1.29, 1.82) is 0 Å². The fourth-order valence-electron chi connectivity index (χ4n) is 1.50. The van der Waals surface area contributed by atoms with E-state index in [1.54, 1.807) is 0 Å². The molecular weight excluding hydrogens is 311 g/mol. The fourth-order valence-corrected chi connectivity index (χ4v) is 1.63. The average molecular weight is 324 g/mol. The molecule has 0 saturated heterocycles. The van der Waals surface area contributed by atoms with Gasteiger partial charge >= 0.3 is 0 Å². The molecule has 0 saturated carbocycles. The first-order valence-corrected chi connectivity index (χ1v) is 6.37. The van der Waals surface area contributed by atoms with E-state index in [9.17, 15) is 20.2 Å². The van der Waals surface area contributed by atoms with Gasteiger partial charge in [-0.15, -0.1) is 0 Å². The van der Waals surface area contributed by atoms with Crippen LogP contribution in [-0.2, 0) is 4.79 Å². The van der Waals surface area contributed by atoms with E-state index < -0.39 is 29.5 Å². The Morgan fingerprint density at radius 2 is 1.90 bits per heavy atom. The number of nitrogens with one attached hydrogen (secondary N) is 1. The highest BCUT2D eigenvalue weighted by atomic mass is 35.5. The Labute approximate surface area is 124 Å². The summed E-state index contributed by atoms with van der Waals surface area (Å²) in [6, 6.07) is 4.27. The zero-order chi connectivity index (χ0) is 15.3. The van der Waals surface area contributed by atoms with Gasteiger partial charge in [0.25, 0.3) is 5.91 Å². The summed E-state index contributed by atoms with van der Waals surface area (Å²) in [5, 5.41) is 40.4. The van der Waals surface area contributed by atoms with E-state index in [4.69, 9.17) is 28.4 Å². The van der Waals surface area contributed by atoms with Gasteiger partial charge in [-0.25, -0.2) is 0 Å². The number of alkyl halides is 2. The molecular formula is C11H13Cl2N2O5-. The monoisotopic (exact) mass is 323 g/mol. The van der Waals surface area contributed by atoms with Gasteiger partial charge < -0.3 is 26.0 Å². The number of aliphatic hydroxyl groups excluding tert-OH is 2. The number of rotatable bonds is 6. The van der Waals surface area contributed by atoms with Crippen LogP contribution in [-0.4, -0.2) is 38.8 Å². The molecule has 0 aromatic heterocycles. The number of aliphatic hydroxyl groups is 2. The van der Waals surface area contributed by atoms with Crippen LogP contribution in [0.2, 0.25) is 0 Å². The Balaban J connectivity index is 2.80. The maximum atomic E-state index is 11.3. The Kier molecular flexibility index (Phi) is 6.47. The molecule has 0 heterocycles. The largest absolute Gasteiger partial charge is 0.733 e. The molecule has 0 bridgehead atoms. The number of nitrogens with zero attached hydrogens (tertiary/aromatic N) is 1. The van der Waals surface area contributed by atoms with Crippen LogP contribution in [0.15, 0.2) is 24.3 Å². The topological polar surface area (TPSA) is 116 Å². The highest BCUT2D eigenvalue weighted by molar-refractivity contribution is 6.53. The van der Waals surface area contributed by atoms with Gasteiger partial charge in [-0.3, -0.25) is 10.0 Å². The van der Waals surface area contributed by atoms with E-state index in [-0.39, 0.29) is 10.9 Å². The van der Waals surface area contributed by atoms with E-state index >= 15 is 0 Å². The second kappa shape index (κ2) is 7.63. The lowest BCUT2D eigenvalue weighted by Crippen LogP contribution is -2.44. The average Bonchev–Trinajstić information content (AvgIpc) is 2.43. The fraction of sp³-hybridized carbons (Fsp3) is 0.364. The summed E-state index contributed by atoms with van der Waals surface area (Å²) in [5.74, 6) is -0.746. The third-order valence-electron chi connectivity index (χ3n) is 2.56. The summed E-state index contributed by atoms with van der Waals surface area (Å²) in [4.78, 5) is 10.00. The van der Waals surface area contributed by atoms with Gasteiger partial charge in [0.2, 0.25) is 0 Å². The van der Waals surface area contributed by atoms with E-state index in [1.165, 1.54) is 24.3 Å². The van der Waals surface area contributed by atoms with Gasteiger partial charge in [-0.2, -0.15) is 0 Å². The molecule has 0 radical (unpaired) electrons. The summed E-state index contributed by atoms with van der Waals surface area (Å²) >= 11 is 10.7. The molecule has 0 aliphatic rings. The lowest BCUT2D eigenvalue weighted by Gasteiger charge is -2.25. The quantitative estimate of drug-likeness (QED) is 0.452. The van der Waals surface area contributed by atoms with Crippen LogP contribution < -0.4 is 10.5 Å². The van der Waals surface area contributed by atoms with Gasteiger partial charge in [-0.1, -0.05) is 35.3 Å². The standard InChI is InChI=1S/C11H13Cl2N2O5/c12-10(13)11(18)14-8(5-16)9(17)6-1-3-7(4-2-6)15(19)20/h1-4,8-10,16-17,19H,5H2,(H,14,18)/q-1/t8-,9-/m1/s1. The van der Waals surface area contributed by atoms with Crippen LogP contribution in [0.3, 0.4) is 0 Å². The van der Waals surface area contributed by atoms with E-state index in [1.807, 2.05) is 0 Å². The van der Waals surface area contributed by atoms with Crippen molar-refractivity contribution in [1.82, 2.24) is 5.32 Å². The number of hydrogen-bond donors (Lipinski definition) is 4. The minimum Gasteiger partial charge on any atom is -0.733 e. The Morgan fingerprint density at radius 1 is 1.35 bits per heavy atom. The van der Waals surface area contributed by atoms with Crippen molar-refractivity contribution in [3.8, 4) is 0 Å². The Morgan fingerprint density at radius 3 is 2.30 bits per heavy atom. The predicted octanol–water partition coefficient (Wildman–Crippen LogP) is 0.694. The number of anilines is 1. The molecule has 7 nitrogen and oxygen atoms in total. The minimum absolute atomic E-state index is 0.0212. The van der Waals surface area contributed by atoms with Crippen molar-refractivity contribution < 1.29 is 20.2 Å². The van der Waals surface area contributed by atoms with Crippen LogP contribution in [0.5, 0.6) is 0 Å². The van der Waals surface area contributed by atoms with Gasteiger partial charge in [0.15, 0.2) is 4.84 Å². The van der Waals surface area contributed by atoms with Crippen molar-refractivity contribution in [2.45, 2.75) is 17.0 Å². The molecule has 9 heteroatoms. The van der Waals surface area contributed by atoms with Crippen LogP contribution in [0.4, 0.5) is 5.69 Å². The number of hydrogen-bond acceptors (Lipinski definition) is 6. The van der Waals surface area contributed by atoms with Gasteiger partial charge in [0.1, 0.15) is 6.10 Å². The van der Waals surface area contributed by atoms with Gasteiger partial charge in [-0.05, 0) is 17.7 Å². The molecule has 0 fully saturated rings. The molecule has 2 atom stereocenters. The smallest absolute Gasteiger partial charge is 0.253 e. The first kappa shape index (κ1) is 17.0. The normalized spacial score (nSPS) is 13.9. The van der Waals surface area contributed by atoms with Crippen LogP contribution in [0.1, 0.15) is 11.7 Å². The molecule has 0 aliphatic carbocycles. The maximum absolute atomic E-state index is 11.3. The molecule has 1 amide bonds. The molecule has 4 N–H and O–H groups in total. The van der Waals surface area contributed by atoms with Crippen molar-refractivity contribution in [2.24, 2.45) is 0 Å². The zero-order valence-corrected chi connectivity index (χ0v) is 11.6. The molecule has 0 aliphatic heterocycles. The van der Waals surface area contributed by atoms with Crippen molar-refractivity contribution in [3.63, 3.8) is 0 Å². The minimum atomic E-state index is -1.32. The third-order valence-corrected chi connectivity index (χ3v) is 2.96. The molecule has 20 heavy (non-hydrogen) atoms. The molecule has 0 unspecified atom stereocenters. The van der Waals surface area contributed by atoms with Crippen LogP contribution in [0.25, 0.3) is 0 Å². The first-order chi connectivity index (χ1) is 9.36. The summed E-state index contributed by atoms with van der Waals surface area (Å²) in [6.07, 6.45) is -1.23. The number of amides is 1. The predicted molar refractivity (Wildman–Crippen MR) is 73.5 cm³/mol. The summed E-state index contributed by atoms with van der Waals surface area (Å²) in [5.41, 5.74) is 0.308.